The van der Waals surface area contributed by atoms with E-state index in [4.69, 9.17) is 4.74 Å². The molecule has 7 nitrogen and oxygen atoms in total. The van der Waals surface area contributed by atoms with Crippen molar-refractivity contribution in [2.75, 3.05) is 4.72 Å². The monoisotopic (exact) mass is 443 g/mol. The molecule has 0 spiro atoms. The SMILES string of the molecule is CC(C)Oc1ccc(CNC(=O)c2ccc(NS(=O)(=O)c3ccc(F)cc3)cc2)cn1. The molecule has 0 radical (unpaired) electrons. The van der Waals surface area contributed by atoms with Gasteiger partial charge in [-0.1, -0.05) is 6.07 Å². The van der Waals surface area contributed by atoms with Crippen molar-refractivity contribution in [3.63, 3.8) is 0 Å². The first-order valence-electron chi connectivity index (χ1n) is 9.51. The predicted molar refractivity (Wildman–Crippen MR) is 115 cm³/mol. The van der Waals surface area contributed by atoms with Gasteiger partial charge >= 0.3 is 0 Å². The number of hydrogen-bond acceptors (Lipinski definition) is 5. The van der Waals surface area contributed by atoms with Crippen molar-refractivity contribution in [1.29, 1.82) is 0 Å². The van der Waals surface area contributed by atoms with Crippen LogP contribution in [0.5, 0.6) is 5.88 Å². The van der Waals surface area contributed by atoms with E-state index in [2.05, 4.69) is 15.0 Å². The van der Waals surface area contributed by atoms with Gasteiger partial charge in [-0.15, -0.1) is 0 Å². The molecule has 0 fully saturated rings. The third kappa shape index (κ3) is 6.26. The number of hydrogen-bond donors (Lipinski definition) is 2. The summed E-state index contributed by atoms with van der Waals surface area (Å²) in [4.78, 5) is 16.5. The largest absolute Gasteiger partial charge is 0.475 e. The summed E-state index contributed by atoms with van der Waals surface area (Å²) in [6.07, 6.45) is 1.66. The fourth-order valence-electron chi connectivity index (χ4n) is 2.63. The van der Waals surface area contributed by atoms with E-state index in [1.807, 2.05) is 19.9 Å². The maximum Gasteiger partial charge on any atom is 0.261 e. The Labute approximate surface area is 180 Å². The van der Waals surface area contributed by atoms with E-state index in [0.29, 0.717) is 11.4 Å². The highest BCUT2D eigenvalue weighted by Gasteiger charge is 2.14. The topological polar surface area (TPSA) is 97.4 Å². The zero-order valence-electron chi connectivity index (χ0n) is 17.0. The molecule has 0 saturated carbocycles. The zero-order valence-corrected chi connectivity index (χ0v) is 17.8. The molecule has 1 amide bonds. The number of rotatable bonds is 8. The average molecular weight is 444 g/mol. The number of nitrogens with zero attached hydrogens (tertiary/aromatic N) is 1. The lowest BCUT2D eigenvalue weighted by Gasteiger charge is -2.10. The number of carbonyl (C=O) groups excluding carboxylic acids is 1. The smallest absolute Gasteiger partial charge is 0.261 e. The van der Waals surface area contributed by atoms with Gasteiger partial charge in [0.25, 0.3) is 15.9 Å². The third-order valence-corrected chi connectivity index (χ3v) is 5.53. The normalized spacial score (nSPS) is 11.2. The molecule has 0 atom stereocenters. The Kier molecular flexibility index (Phi) is 6.86. The molecule has 0 aliphatic rings. The second-order valence-corrected chi connectivity index (χ2v) is 8.67. The lowest BCUT2D eigenvalue weighted by molar-refractivity contribution is 0.0951. The average Bonchev–Trinajstić information content (AvgIpc) is 2.73. The van der Waals surface area contributed by atoms with Crippen LogP contribution < -0.4 is 14.8 Å². The fourth-order valence-corrected chi connectivity index (χ4v) is 3.69. The highest BCUT2D eigenvalue weighted by Crippen LogP contribution is 2.17. The number of sulfonamides is 1. The molecule has 1 aromatic heterocycles. The molecular weight excluding hydrogens is 421 g/mol. The molecule has 0 bridgehead atoms. The number of pyridine rings is 1. The lowest BCUT2D eigenvalue weighted by atomic mass is 10.2. The molecule has 0 saturated heterocycles. The minimum atomic E-state index is -3.86. The van der Waals surface area contributed by atoms with Crippen molar-refractivity contribution in [1.82, 2.24) is 10.3 Å². The van der Waals surface area contributed by atoms with Crippen LogP contribution in [0.3, 0.4) is 0 Å². The quantitative estimate of drug-likeness (QED) is 0.553. The van der Waals surface area contributed by atoms with Crippen LogP contribution in [0.1, 0.15) is 29.8 Å². The molecule has 0 aliphatic carbocycles. The van der Waals surface area contributed by atoms with Crippen molar-refractivity contribution < 1.29 is 22.3 Å². The number of carbonyl (C=O) groups is 1. The van der Waals surface area contributed by atoms with E-state index in [9.17, 15) is 17.6 Å². The van der Waals surface area contributed by atoms with Crippen LogP contribution in [0.2, 0.25) is 0 Å². The van der Waals surface area contributed by atoms with Crippen molar-refractivity contribution in [2.45, 2.75) is 31.4 Å². The molecule has 31 heavy (non-hydrogen) atoms. The molecule has 2 N–H and O–H groups in total. The second-order valence-electron chi connectivity index (χ2n) is 6.99. The Bertz CT molecular complexity index is 1130. The van der Waals surface area contributed by atoms with Crippen molar-refractivity contribution >= 4 is 21.6 Å². The molecule has 1 heterocycles. The van der Waals surface area contributed by atoms with Crippen molar-refractivity contribution in [3.8, 4) is 5.88 Å². The minimum absolute atomic E-state index is 0.0289. The Balaban J connectivity index is 1.58. The van der Waals surface area contributed by atoms with E-state index in [1.54, 1.807) is 12.3 Å². The third-order valence-electron chi connectivity index (χ3n) is 4.13. The molecule has 0 unspecified atom stereocenters. The van der Waals surface area contributed by atoms with Gasteiger partial charge in [0.2, 0.25) is 5.88 Å². The van der Waals surface area contributed by atoms with Gasteiger partial charge in [0.15, 0.2) is 0 Å². The Morgan fingerprint density at radius 1 is 1.03 bits per heavy atom. The van der Waals surface area contributed by atoms with Crippen LogP contribution in [0.15, 0.2) is 71.8 Å². The maximum atomic E-state index is 13.0. The molecule has 3 aromatic rings. The first-order chi connectivity index (χ1) is 14.7. The summed E-state index contributed by atoms with van der Waals surface area (Å²) in [5.41, 5.74) is 1.47. The van der Waals surface area contributed by atoms with E-state index >= 15 is 0 Å². The zero-order chi connectivity index (χ0) is 22.4. The van der Waals surface area contributed by atoms with E-state index in [0.717, 1.165) is 17.7 Å². The van der Waals surface area contributed by atoms with Crippen LogP contribution in [0.25, 0.3) is 0 Å². The van der Waals surface area contributed by atoms with Crippen LogP contribution >= 0.6 is 0 Å². The summed E-state index contributed by atoms with van der Waals surface area (Å²) in [7, 11) is -3.86. The van der Waals surface area contributed by atoms with Gasteiger partial charge in [0, 0.05) is 30.1 Å². The highest BCUT2D eigenvalue weighted by atomic mass is 32.2. The number of benzene rings is 2. The predicted octanol–water partition coefficient (Wildman–Crippen LogP) is 3.74. The Morgan fingerprint density at radius 2 is 1.71 bits per heavy atom. The first kappa shape index (κ1) is 22.2. The Hall–Kier alpha value is -3.46. The van der Waals surface area contributed by atoms with Crippen LogP contribution in [0, 0.1) is 5.82 Å². The van der Waals surface area contributed by atoms with Gasteiger partial charge in [0.1, 0.15) is 5.82 Å². The molecule has 0 aliphatic heterocycles. The van der Waals surface area contributed by atoms with Crippen LogP contribution in [0.4, 0.5) is 10.1 Å². The summed E-state index contributed by atoms with van der Waals surface area (Å²) in [6, 6.07) is 14.0. The number of aromatic nitrogens is 1. The van der Waals surface area contributed by atoms with Gasteiger partial charge in [-0.2, -0.15) is 0 Å². The highest BCUT2D eigenvalue weighted by molar-refractivity contribution is 7.92. The summed E-state index contributed by atoms with van der Waals surface area (Å²) >= 11 is 0. The van der Waals surface area contributed by atoms with Crippen LogP contribution in [-0.2, 0) is 16.6 Å². The van der Waals surface area contributed by atoms with Crippen molar-refractivity contribution in [3.05, 3.63) is 83.8 Å². The molecule has 9 heteroatoms. The van der Waals surface area contributed by atoms with Gasteiger partial charge < -0.3 is 10.1 Å². The summed E-state index contributed by atoms with van der Waals surface area (Å²) in [5, 5.41) is 2.78. The van der Waals surface area contributed by atoms with E-state index in [1.165, 1.54) is 36.4 Å². The second kappa shape index (κ2) is 9.57. The molecule has 3 rings (SSSR count). The molecule has 2 aromatic carbocycles. The molecular formula is C22H22FN3O4S. The first-order valence-corrected chi connectivity index (χ1v) is 11.0. The molecule has 162 valence electrons. The van der Waals surface area contributed by atoms with Crippen molar-refractivity contribution in [2.24, 2.45) is 0 Å². The number of amides is 1. The van der Waals surface area contributed by atoms with Gasteiger partial charge in [0.05, 0.1) is 11.0 Å². The van der Waals surface area contributed by atoms with Gasteiger partial charge in [-0.05, 0) is 67.9 Å². The Morgan fingerprint density at radius 3 is 2.29 bits per heavy atom. The van der Waals surface area contributed by atoms with Crippen LogP contribution in [-0.4, -0.2) is 25.4 Å². The maximum absolute atomic E-state index is 13.0. The van der Waals surface area contributed by atoms with E-state index < -0.39 is 15.8 Å². The minimum Gasteiger partial charge on any atom is -0.475 e. The summed E-state index contributed by atoms with van der Waals surface area (Å²) in [6.45, 7) is 4.11. The number of ether oxygens (including phenoxy) is 1. The van der Waals surface area contributed by atoms with Gasteiger partial charge in [-0.3, -0.25) is 9.52 Å². The number of nitrogens with one attached hydrogen (secondary N) is 2. The van der Waals surface area contributed by atoms with Gasteiger partial charge in [-0.25, -0.2) is 17.8 Å². The lowest BCUT2D eigenvalue weighted by Crippen LogP contribution is -2.23. The fraction of sp³-hybridized carbons (Fsp3) is 0.182. The number of anilines is 1. The van der Waals surface area contributed by atoms with E-state index in [-0.39, 0.29) is 29.1 Å². The summed E-state index contributed by atoms with van der Waals surface area (Å²) < 4.78 is 45.6. The summed E-state index contributed by atoms with van der Waals surface area (Å²) in [5.74, 6) is -0.316. The standard InChI is InChI=1S/C22H22FN3O4S/c1-15(2)30-21-12-3-16(13-24-21)14-25-22(27)17-4-8-19(9-5-17)26-31(28,29)20-10-6-18(23)7-11-20/h3-13,15,26H,14H2,1-2H3,(H,25,27). The number of halogens is 1.